The summed E-state index contributed by atoms with van der Waals surface area (Å²) in [5.41, 5.74) is 2.15. The first kappa shape index (κ1) is 9.67. The molecule has 15 heavy (non-hydrogen) atoms. The Kier molecular flexibility index (Phi) is 2.39. The molecule has 0 spiro atoms. The number of aliphatic hydroxyl groups excluding tert-OH is 1. The molecule has 2 N–H and O–H groups in total. The van der Waals surface area contributed by atoms with Crippen molar-refractivity contribution in [2.45, 2.75) is 6.61 Å². The zero-order valence-electron chi connectivity index (χ0n) is 8.15. The third kappa shape index (κ3) is 1.69. The van der Waals surface area contributed by atoms with Crippen LogP contribution in [0.5, 0.6) is 0 Å². The molecular formula is C10H10N2O3. The molecule has 0 amide bonds. The average Bonchev–Trinajstić information content (AvgIpc) is 2.70. The smallest absolute Gasteiger partial charge is 0.374 e. The third-order valence-corrected chi connectivity index (χ3v) is 2.11. The van der Waals surface area contributed by atoms with Gasteiger partial charge in [-0.1, -0.05) is 6.07 Å². The van der Waals surface area contributed by atoms with E-state index < -0.39 is 5.97 Å². The van der Waals surface area contributed by atoms with E-state index in [9.17, 15) is 4.79 Å². The first-order valence-corrected chi connectivity index (χ1v) is 4.42. The quantitative estimate of drug-likeness (QED) is 0.714. The van der Waals surface area contributed by atoms with Crippen LogP contribution in [0.1, 0.15) is 16.2 Å². The highest BCUT2D eigenvalue weighted by Crippen LogP contribution is 2.14. The Labute approximate surface area is 85.7 Å². The highest BCUT2D eigenvalue weighted by atomic mass is 16.5. The largest absolute Gasteiger partial charge is 0.463 e. The first-order valence-electron chi connectivity index (χ1n) is 4.42. The zero-order chi connectivity index (χ0) is 10.8. The van der Waals surface area contributed by atoms with Crippen LogP contribution >= 0.6 is 0 Å². The molecule has 0 saturated heterocycles. The van der Waals surface area contributed by atoms with E-state index in [0.29, 0.717) is 11.0 Å². The van der Waals surface area contributed by atoms with Crippen molar-refractivity contribution in [1.29, 1.82) is 0 Å². The van der Waals surface area contributed by atoms with Crippen molar-refractivity contribution in [3.63, 3.8) is 0 Å². The number of carbonyl (C=O) groups excluding carboxylic acids is 1. The number of rotatable bonds is 2. The molecule has 1 aromatic heterocycles. The average molecular weight is 206 g/mol. The molecular weight excluding hydrogens is 196 g/mol. The van der Waals surface area contributed by atoms with Crippen LogP contribution in [0.3, 0.4) is 0 Å². The molecule has 0 unspecified atom stereocenters. The second-order valence-electron chi connectivity index (χ2n) is 3.09. The fourth-order valence-corrected chi connectivity index (χ4v) is 1.35. The van der Waals surface area contributed by atoms with Crippen molar-refractivity contribution in [2.75, 3.05) is 7.11 Å². The predicted octanol–water partition coefficient (Wildman–Crippen LogP) is 0.842. The minimum Gasteiger partial charge on any atom is -0.463 e. The normalized spacial score (nSPS) is 10.5. The highest BCUT2D eigenvalue weighted by Gasteiger charge is 2.11. The number of ether oxygens (including phenoxy) is 1. The molecule has 2 rings (SSSR count). The van der Waals surface area contributed by atoms with E-state index in [4.69, 9.17) is 5.11 Å². The maximum atomic E-state index is 11.2. The summed E-state index contributed by atoms with van der Waals surface area (Å²) in [6, 6.07) is 5.24. The minimum atomic E-state index is -0.503. The van der Waals surface area contributed by atoms with Gasteiger partial charge in [-0.25, -0.2) is 9.78 Å². The fraction of sp³-hybridized carbons (Fsp3) is 0.200. The van der Waals surface area contributed by atoms with E-state index >= 15 is 0 Å². The Morgan fingerprint density at radius 3 is 3.07 bits per heavy atom. The summed E-state index contributed by atoms with van der Waals surface area (Å²) < 4.78 is 4.54. The van der Waals surface area contributed by atoms with Crippen LogP contribution in [-0.4, -0.2) is 28.2 Å². The number of imidazole rings is 1. The van der Waals surface area contributed by atoms with Gasteiger partial charge in [-0.3, -0.25) is 0 Å². The number of benzene rings is 1. The Morgan fingerprint density at radius 2 is 2.40 bits per heavy atom. The number of hydrogen-bond acceptors (Lipinski definition) is 4. The van der Waals surface area contributed by atoms with Gasteiger partial charge in [0.1, 0.15) is 0 Å². The Bertz CT molecular complexity index is 504. The number of hydrogen-bond donors (Lipinski definition) is 2. The van der Waals surface area contributed by atoms with Crippen molar-refractivity contribution < 1.29 is 14.6 Å². The van der Waals surface area contributed by atoms with Crippen molar-refractivity contribution in [3.05, 3.63) is 29.6 Å². The number of fused-ring (bicyclic) bond motifs is 1. The van der Waals surface area contributed by atoms with Crippen LogP contribution in [0.4, 0.5) is 0 Å². The van der Waals surface area contributed by atoms with E-state index in [1.165, 1.54) is 7.11 Å². The molecule has 78 valence electrons. The molecule has 5 heteroatoms. The molecule has 0 aliphatic rings. The molecule has 1 aromatic carbocycles. The number of aliphatic hydroxyl groups is 1. The molecule has 0 aliphatic carbocycles. The molecule has 0 radical (unpaired) electrons. The van der Waals surface area contributed by atoms with Crippen LogP contribution in [0.2, 0.25) is 0 Å². The number of nitrogens with one attached hydrogen (secondary N) is 1. The van der Waals surface area contributed by atoms with Crippen LogP contribution < -0.4 is 0 Å². The Balaban J connectivity index is 2.51. The van der Waals surface area contributed by atoms with Gasteiger partial charge < -0.3 is 14.8 Å². The molecule has 0 aliphatic heterocycles. The summed E-state index contributed by atoms with van der Waals surface area (Å²) >= 11 is 0. The Hall–Kier alpha value is -1.88. The summed E-state index contributed by atoms with van der Waals surface area (Å²) in [7, 11) is 1.30. The number of carbonyl (C=O) groups is 1. The van der Waals surface area contributed by atoms with E-state index in [2.05, 4.69) is 14.7 Å². The van der Waals surface area contributed by atoms with Crippen molar-refractivity contribution in [1.82, 2.24) is 9.97 Å². The van der Waals surface area contributed by atoms with Crippen molar-refractivity contribution >= 4 is 17.0 Å². The van der Waals surface area contributed by atoms with Gasteiger partial charge >= 0.3 is 5.97 Å². The molecule has 0 saturated carbocycles. The van der Waals surface area contributed by atoms with Gasteiger partial charge in [-0.2, -0.15) is 0 Å². The van der Waals surface area contributed by atoms with Gasteiger partial charge in [0.2, 0.25) is 5.82 Å². The topological polar surface area (TPSA) is 75.2 Å². The molecule has 0 bridgehead atoms. The molecule has 0 fully saturated rings. The lowest BCUT2D eigenvalue weighted by Gasteiger charge is -1.93. The monoisotopic (exact) mass is 206 g/mol. The van der Waals surface area contributed by atoms with Crippen LogP contribution in [-0.2, 0) is 11.3 Å². The van der Waals surface area contributed by atoms with E-state index in [0.717, 1.165) is 5.56 Å². The SMILES string of the molecule is COC(=O)c1nc2ccc(CO)cc2[nH]1. The summed E-state index contributed by atoms with van der Waals surface area (Å²) in [5.74, 6) is -0.334. The van der Waals surface area contributed by atoms with Crippen molar-refractivity contribution in [2.24, 2.45) is 0 Å². The number of nitrogens with zero attached hydrogens (tertiary/aromatic N) is 1. The minimum absolute atomic E-state index is 0.0392. The lowest BCUT2D eigenvalue weighted by atomic mass is 10.2. The van der Waals surface area contributed by atoms with Gasteiger partial charge in [0, 0.05) is 0 Å². The molecule has 2 aromatic rings. The zero-order valence-corrected chi connectivity index (χ0v) is 8.15. The molecule has 5 nitrogen and oxygen atoms in total. The molecule has 0 atom stereocenters. The highest BCUT2D eigenvalue weighted by molar-refractivity contribution is 5.90. The maximum Gasteiger partial charge on any atom is 0.374 e. The van der Waals surface area contributed by atoms with Crippen LogP contribution in [0.25, 0.3) is 11.0 Å². The maximum absolute atomic E-state index is 11.2. The van der Waals surface area contributed by atoms with Gasteiger partial charge in [-0.15, -0.1) is 0 Å². The second-order valence-corrected chi connectivity index (χ2v) is 3.09. The van der Waals surface area contributed by atoms with E-state index in [1.807, 2.05) is 0 Å². The number of esters is 1. The summed E-state index contributed by atoms with van der Waals surface area (Å²) in [6.07, 6.45) is 0. The fourth-order valence-electron chi connectivity index (χ4n) is 1.35. The van der Waals surface area contributed by atoms with Gasteiger partial charge in [0.25, 0.3) is 0 Å². The summed E-state index contributed by atoms with van der Waals surface area (Å²) in [4.78, 5) is 18.0. The number of aromatic amines is 1. The number of methoxy groups -OCH3 is 1. The van der Waals surface area contributed by atoms with E-state index in [1.54, 1.807) is 18.2 Å². The Morgan fingerprint density at radius 1 is 1.60 bits per heavy atom. The van der Waals surface area contributed by atoms with Crippen LogP contribution in [0, 0.1) is 0 Å². The van der Waals surface area contributed by atoms with E-state index in [-0.39, 0.29) is 12.4 Å². The van der Waals surface area contributed by atoms with Gasteiger partial charge in [0.05, 0.1) is 24.8 Å². The molecule has 1 heterocycles. The lowest BCUT2D eigenvalue weighted by Crippen LogP contribution is -2.02. The standard InChI is InChI=1S/C10H10N2O3/c1-15-10(14)9-11-7-3-2-6(5-13)4-8(7)12-9/h2-4,13H,5H2,1H3,(H,11,12). The first-order chi connectivity index (χ1) is 7.24. The predicted molar refractivity (Wildman–Crippen MR) is 53.4 cm³/mol. The second kappa shape index (κ2) is 3.70. The third-order valence-electron chi connectivity index (χ3n) is 2.11. The van der Waals surface area contributed by atoms with Crippen molar-refractivity contribution in [3.8, 4) is 0 Å². The number of H-pyrrole nitrogens is 1. The summed E-state index contributed by atoms with van der Waals surface area (Å²) in [5, 5.41) is 8.93. The van der Waals surface area contributed by atoms with Crippen LogP contribution in [0.15, 0.2) is 18.2 Å². The lowest BCUT2D eigenvalue weighted by molar-refractivity contribution is 0.0588. The number of aromatic nitrogens is 2. The van der Waals surface area contributed by atoms with Gasteiger partial charge in [0.15, 0.2) is 0 Å². The van der Waals surface area contributed by atoms with Gasteiger partial charge in [-0.05, 0) is 17.7 Å². The summed E-state index contributed by atoms with van der Waals surface area (Å²) in [6.45, 7) is -0.0392.